The molecule has 20 heavy (non-hydrogen) atoms. The molecule has 3 nitrogen and oxygen atoms in total. The molecule has 2 bridgehead atoms. The van der Waals surface area contributed by atoms with E-state index in [9.17, 15) is 8.42 Å². The second-order valence-electron chi connectivity index (χ2n) is 6.63. The Labute approximate surface area is 121 Å². The lowest BCUT2D eigenvalue weighted by Crippen LogP contribution is -2.39. The maximum atomic E-state index is 12.7. The predicted molar refractivity (Wildman–Crippen MR) is 80.2 cm³/mol. The minimum absolute atomic E-state index is 0.152. The highest BCUT2D eigenvalue weighted by molar-refractivity contribution is 7.89. The fourth-order valence-corrected chi connectivity index (χ4v) is 6.01. The van der Waals surface area contributed by atoms with Crippen LogP contribution in [-0.2, 0) is 10.0 Å². The second-order valence-corrected chi connectivity index (χ2v) is 8.28. The molecule has 2 saturated carbocycles. The number of hydrogen-bond donors (Lipinski definition) is 1. The van der Waals surface area contributed by atoms with Crippen molar-refractivity contribution in [1.82, 2.24) is 4.72 Å². The molecular formula is C16H23NO2S. The van der Waals surface area contributed by atoms with Crippen LogP contribution < -0.4 is 4.72 Å². The smallest absolute Gasteiger partial charge is 0.208 e. The van der Waals surface area contributed by atoms with E-state index in [0.29, 0.717) is 10.8 Å². The molecule has 0 aliphatic heterocycles. The fraction of sp³-hybridized carbons (Fsp3) is 0.625. The van der Waals surface area contributed by atoms with E-state index in [0.717, 1.165) is 29.0 Å². The molecule has 0 unspecified atom stereocenters. The van der Waals surface area contributed by atoms with Gasteiger partial charge in [-0.15, -0.1) is 0 Å². The van der Waals surface area contributed by atoms with Crippen molar-refractivity contribution in [3.8, 4) is 0 Å². The Bertz CT molecular complexity index is 613. The average Bonchev–Trinajstić information content (AvgIpc) is 2.87. The van der Waals surface area contributed by atoms with Gasteiger partial charge in [-0.2, -0.15) is 0 Å². The third-order valence-corrected chi connectivity index (χ3v) is 6.71. The third-order valence-electron chi connectivity index (χ3n) is 4.92. The highest BCUT2D eigenvalue weighted by Gasteiger charge is 2.41. The summed E-state index contributed by atoms with van der Waals surface area (Å²) in [5.41, 5.74) is 2.80. The van der Waals surface area contributed by atoms with Gasteiger partial charge in [0.15, 0.2) is 0 Å². The summed E-state index contributed by atoms with van der Waals surface area (Å²) in [6.45, 7) is 5.77. The highest BCUT2D eigenvalue weighted by atomic mass is 32.2. The lowest BCUT2D eigenvalue weighted by molar-refractivity contribution is 0.390. The van der Waals surface area contributed by atoms with Gasteiger partial charge in [0.2, 0.25) is 10.0 Å². The molecule has 0 amide bonds. The predicted octanol–water partition coefficient (Wildman–Crippen LogP) is 3.08. The maximum absolute atomic E-state index is 12.7. The summed E-state index contributed by atoms with van der Waals surface area (Å²) in [6, 6.07) is 4.05. The van der Waals surface area contributed by atoms with E-state index in [4.69, 9.17) is 0 Å². The summed E-state index contributed by atoms with van der Waals surface area (Å²) in [7, 11) is -3.39. The van der Waals surface area contributed by atoms with Gasteiger partial charge in [0.25, 0.3) is 0 Å². The zero-order valence-electron chi connectivity index (χ0n) is 12.4. The van der Waals surface area contributed by atoms with Crippen molar-refractivity contribution in [3.05, 3.63) is 28.8 Å². The third kappa shape index (κ3) is 2.40. The first-order valence-electron chi connectivity index (χ1n) is 7.47. The van der Waals surface area contributed by atoms with Crippen molar-refractivity contribution in [3.63, 3.8) is 0 Å². The van der Waals surface area contributed by atoms with Gasteiger partial charge in [0, 0.05) is 6.04 Å². The number of sulfonamides is 1. The van der Waals surface area contributed by atoms with Gasteiger partial charge < -0.3 is 0 Å². The standard InChI is InChI=1S/C16H23NO2S/c1-10-6-11(2)16(12(3)7-10)20(18,19)17-15-9-13-4-5-14(15)8-13/h6-7,13-15,17H,4-5,8-9H2,1-3H3/t13-,14+,15-/m0/s1. The lowest BCUT2D eigenvalue weighted by atomic mass is 9.96. The molecule has 4 heteroatoms. The van der Waals surface area contributed by atoms with Crippen molar-refractivity contribution < 1.29 is 8.42 Å². The molecule has 1 aromatic rings. The van der Waals surface area contributed by atoms with Crippen LogP contribution in [0.15, 0.2) is 17.0 Å². The number of benzene rings is 1. The Morgan fingerprint density at radius 3 is 2.20 bits per heavy atom. The molecular weight excluding hydrogens is 270 g/mol. The zero-order chi connectivity index (χ0) is 14.5. The van der Waals surface area contributed by atoms with Crippen LogP contribution in [0.5, 0.6) is 0 Å². The van der Waals surface area contributed by atoms with Crippen molar-refractivity contribution in [2.75, 3.05) is 0 Å². The largest absolute Gasteiger partial charge is 0.241 e. The normalized spacial score (nSPS) is 29.1. The van der Waals surface area contributed by atoms with Crippen LogP contribution in [0.25, 0.3) is 0 Å². The molecule has 2 aliphatic carbocycles. The maximum Gasteiger partial charge on any atom is 0.241 e. The van der Waals surface area contributed by atoms with Gasteiger partial charge in [0.1, 0.15) is 0 Å². The van der Waals surface area contributed by atoms with E-state index in [2.05, 4.69) is 4.72 Å². The van der Waals surface area contributed by atoms with Crippen LogP contribution in [0.3, 0.4) is 0 Å². The Hall–Kier alpha value is -0.870. The molecule has 0 aromatic heterocycles. The van der Waals surface area contributed by atoms with Gasteiger partial charge >= 0.3 is 0 Å². The van der Waals surface area contributed by atoms with Gasteiger partial charge in [-0.25, -0.2) is 13.1 Å². The van der Waals surface area contributed by atoms with E-state index in [1.807, 2.05) is 32.9 Å². The molecule has 3 atom stereocenters. The summed E-state index contributed by atoms with van der Waals surface area (Å²) >= 11 is 0. The van der Waals surface area contributed by atoms with Gasteiger partial charge in [-0.1, -0.05) is 24.1 Å². The molecule has 0 spiro atoms. The van der Waals surface area contributed by atoms with Crippen LogP contribution in [0.2, 0.25) is 0 Å². The molecule has 0 saturated heterocycles. The Morgan fingerprint density at radius 2 is 1.70 bits per heavy atom. The fourth-order valence-electron chi connectivity index (χ4n) is 4.24. The van der Waals surface area contributed by atoms with Crippen LogP contribution in [0.4, 0.5) is 0 Å². The Balaban J connectivity index is 1.89. The van der Waals surface area contributed by atoms with E-state index in [-0.39, 0.29) is 6.04 Å². The Morgan fingerprint density at radius 1 is 1.05 bits per heavy atom. The number of hydrogen-bond acceptors (Lipinski definition) is 2. The van der Waals surface area contributed by atoms with Crippen LogP contribution >= 0.6 is 0 Å². The van der Waals surface area contributed by atoms with Crippen molar-refractivity contribution in [1.29, 1.82) is 0 Å². The van der Waals surface area contributed by atoms with Crippen molar-refractivity contribution >= 4 is 10.0 Å². The number of fused-ring (bicyclic) bond motifs is 2. The molecule has 3 rings (SSSR count). The van der Waals surface area contributed by atoms with E-state index in [1.54, 1.807) is 0 Å². The highest BCUT2D eigenvalue weighted by Crippen LogP contribution is 2.45. The molecule has 110 valence electrons. The van der Waals surface area contributed by atoms with Crippen LogP contribution in [0.1, 0.15) is 42.4 Å². The minimum atomic E-state index is -3.39. The lowest BCUT2D eigenvalue weighted by Gasteiger charge is -2.24. The van der Waals surface area contributed by atoms with Crippen molar-refractivity contribution in [2.45, 2.75) is 57.4 Å². The van der Waals surface area contributed by atoms with E-state index < -0.39 is 10.0 Å². The zero-order valence-corrected chi connectivity index (χ0v) is 13.3. The molecule has 2 fully saturated rings. The molecule has 1 N–H and O–H groups in total. The number of aryl methyl sites for hydroxylation is 3. The summed E-state index contributed by atoms with van der Waals surface area (Å²) in [6.07, 6.45) is 4.70. The van der Waals surface area contributed by atoms with Crippen LogP contribution in [0, 0.1) is 32.6 Å². The molecule has 1 aromatic carbocycles. The van der Waals surface area contributed by atoms with Gasteiger partial charge in [-0.3, -0.25) is 0 Å². The summed E-state index contributed by atoms with van der Waals surface area (Å²) in [5.74, 6) is 1.30. The first-order valence-corrected chi connectivity index (χ1v) is 8.95. The Kier molecular flexibility index (Phi) is 3.41. The SMILES string of the molecule is Cc1cc(C)c(S(=O)(=O)N[C@H]2C[C@H]3CC[C@@H]2C3)c(C)c1. The first kappa shape index (κ1) is 14.1. The van der Waals surface area contributed by atoms with Gasteiger partial charge in [-0.05, 0) is 63.0 Å². The van der Waals surface area contributed by atoms with Gasteiger partial charge in [0.05, 0.1) is 4.90 Å². The summed E-state index contributed by atoms with van der Waals surface area (Å²) < 4.78 is 28.4. The monoisotopic (exact) mass is 293 g/mol. The minimum Gasteiger partial charge on any atom is -0.208 e. The van der Waals surface area contributed by atoms with Crippen molar-refractivity contribution in [2.24, 2.45) is 11.8 Å². The quantitative estimate of drug-likeness (QED) is 0.931. The molecule has 0 heterocycles. The topological polar surface area (TPSA) is 46.2 Å². The second kappa shape index (κ2) is 4.85. The van der Waals surface area contributed by atoms with E-state index in [1.165, 1.54) is 19.3 Å². The summed E-state index contributed by atoms with van der Waals surface area (Å²) in [5, 5.41) is 0. The summed E-state index contributed by atoms with van der Waals surface area (Å²) in [4.78, 5) is 0.478. The van der Waals surface area contributed by atoms with E-state index >= 15 is 0 Å². The van der Waals surface area contributed by atoms with Crippen LogP contribution in [-0.4, -0.2) is 14.5 Å². The molecule has 2 aliphatic rings. The number of nitrogens with one attached hydrogen (secondary N) is 1. The number of rotatable bonds is 3. The molecule has 0 radical (unpaired) electrons. The first-order chi connectivity index (χ1) is 9.37. The average molecular weight is 293 g/mol.